The summed E-state index contributed by atoms with van der Waals surface area (Å²) in [4.78, 5) is 39.1. The van der Waals surface area contributed by atoms with Gasteiger partial charge in [0.05, 0.1) is 12.9 Å². The van der Waals surface area contributed by atoms with E-state index in [-0.39, 0.29) is 36.7 Å². The first-order valence-electron chi connectivity index (χ1n) is 6.94. The number of rotatable bonds is 6. The molecular weight excluding hydrogens is 286 g/mol. The van der Waals surface area contributed by atoms with E-state index in [2.05, 4.69) is 15.4 Å². The SMILES string of the molecule is CCc1cc(=O)n(CC(=O)NCCn2ncccc2=O)cn1. The fourth-order valence-corrected chi connectivity index (χ4v) is 1.84. The molecule has 2 aromatic heterocycles. The zero-order valence-electron chi connectivity index (χ0n) is 12.2. The highest BCUT2D eigenvalue weighted by molar-refractivity contribution is 5.75. The van der Waals surface area contributed by atoms with Crippen molar-refractivity contribution in [3.05, 3.63) is 57.1 Å². The van der Waals surface area contributed by atoms with Crippen molar-refractivity contribution in [3.63, 3.8) is 0 Å². The van der Waals surface area contributed by atoms with Gasteiger partial charge in [0, 0.05) is 30.6 Å². The van der Waals surface area contributed by atoms with Gasteiger partial charge in [-0.25, -0.2) is 9.67 Å². The fourth-order valence-electron chi connectivity index (χ4n) is 1.84. The fraction of sp³-hybridized carbons (Fsp3) is 0.357. The Morgan fingerprint density at radius 3 is 2.82 bits per heavy atom. The average Bonchev–Trinajstić information content (AvgIpc) is 2.51. The molecule has 8 nitrogen and oxygen atoms in total. The van der Waals surface area contributed by atoms with E-state index in [1.807, 2.05) is 6.92 Å². The van der Waals surface area contributed by atoms with E-state index in [1.165, 1.54) is 33.9 Å². The maximum absolute atomic E-state index is 11.8. The number of aromatic nitrogens is 4. The molecule has 2 heterocycles. The minimum Gasteiger partial charge on any atom is -0.353 e. The van der Waals surface area contributed by atoms with Gasteiger partial charge in [-0.2, -0.15) is 5.10 Å². The zero-order valence-corrected chi connectivity index (χ0v) is 12.2. The second-order valence-corrected chi connectivity index (χ2v) is 4.63. The predicted octanol–water partition coefficient (Wildman–Crippen LogP) is -0.821. The molecule has 0 saturated carbocycles. The molecule has 2 rings (SSSR count). The molecule has 0 radical (unpaired) electrons. The van der Waals surface area contributed by atoms with Crippen molar-refractivity contribution in [1.82, 2.24) is 24.6 Å². The van der Waals surface area contributed by atoms with Crippen LogP contribution in [0.4, 0.5) is 0 Å². The lowest BCUT2D eigenvalue weighted by molar-refractivity contribution is -0.121. The van der Waals surface area contributed by atoms with Crippen LogP contribution in [0.1, 0.15) is 12.6 Å². The normalized spacial score (nSPS) is 10.4. The summed E-state index contributed by atoms with van der Waals surface area (Å²) < 4.78 is 2.49. The molecule has 0 spiro atoms. The smallest absolute Gasteiger partial charge is 0.266 e. The summed E-state index contributed by atoms with van der Waals surface area (Å²) in [7, 11) is 0. The third kappa shape index (κ3) is 4.11. The van der Waals surface area contributed by atoms with Crippen LogP contribution in [0.25, 0.3) is 0 Å². The van der Waals surface area contributed by atoms with Gasteiger partial charge >= 0.3 is 0 Å². The van der Waals surface area contributed by atoms with E-state index in [1.54, 1.807) is 6.07 Å². The van der Waals surface area contributed by atoms with Gasteiger partial charge in [-0.05, 0) is 12.5 Å². The topological polar surface area (TPSA) is 98.9 Å². The van der Waals surface area contributed by atoms with Crippen molar-refractivity contribution in [1.29, 1.82) is 0 Å². The molecule has 1 N–H and O–H groups in total. The van der Waals surface area contributed by atoms with E-state index < -0.39 is 0 Å². The second-order valence-electron chi connectivity index (χ2n) is 4.63. The molecule has 0 bridgehead atoms. The molecule has 1 amide bonds. The molecule has 0 unspecified atom stereocenters. The highest BCUT2D eigenvalue weighted by Crippen LogP contribution is 1.89. The van der Waals surface area contributed by atoms with Crippen molar-refractivity contribution < 1.29 is 4.79 Å². The number of nitrogens with one attached hydrogen (secondary N) is 1. The Hall–Kier alpha value is -2.77. The van der Waals surface area contributed by atoms with Crippen molar-refractivity contribution in [3.8, 4) is 0 Å². The lowest BCUT2D eigenvalue weighted by Gasteiger charge is -2.08. The molecular formula is C14H17N5O3. The third-order valence-corrected chi connectivity index (χ3v) is 3.04. The summed E-state index contributed by atoms with van der Waals surface area (Å²) in [5.41, 5.74) is 0.200. The van der Waals surface area contributed by atoms with Gasteiger partial charge in [-0.1, -0.05) is 6.92 Å². The maximum Gasteiger partial charge on any atom is 0.266 e. The van der Waals surface area contributed by atoms with Gasteiger partial charge in [-0.15, -0.1) is 0 Å². The molecule has 0 aliphatic rings. The van der Waals surface area contributed by atoms with Crippen LogP contribution in [0.3, 0.4) is 0 Å². The van der Waals surface area contributed by atoms with Crippen molar-refractivity contribution in [2.45, 2.75) is 26.4 Å². The number of carbonyl (C=O) groups excluding carboxylic acids is 1. The van der Waals surface area contributed by atoms with Crippen molar-refractivity contribution in [2.75, 3.05) is 6.54 Å². The molecule has 0 fully saturated rings. The number of nitrogens with zero attached hydrogens (tertiary/aromatic N) is 4. The quantitative estimate of drug-likeness (QED) is 0.751. The number of hydrogen-bond acceptors (Lipinski definition) is 5. The lowest BCUT2D eigenvalue weighted by atomic mass is 10.3. The van der Waals surface area contributed by atoms with E-state index in [0.717, 1.165) is 0 Å². The first-order chi connectivity index (χ1) is 10.6. The predicted molar refractivity (Wildman–Crippen MR) is 79.4 cm³/mol. The van der Waals surface area contributed by atoms with Crippen LogP contribution in [0.2, 0.25) is 0 Å². The standard InChI is InChI=1S/C14H17N5O3/c1-2-11-8-14(22)18(10-16-11)9-12(20)15-6-7-19-13(21)4-3-5-17-19/h3-5,8,10H,2,6-7,9H2,1H3,(H,15,20). The van der Waals surface area contributed by atoms with Crippen LogP contribution in [0, 0.1) is 0 Å². The van der Waals surface area contributed by atoms with Crippen LogP contribution in [0.15, 0.2) is 40.3 Å². The number of carbonyl (C=O) groups is 1. The summed E-state index contributed by atoms with van der Waals surface area (Å²) in [6.45, 7) is 2.32. The Morgan fingerprint density at radius 1 is 1.32 bits per heavy atom. The van der Waals surface area contributed by atoms with Crippen LogP contribution in [0.5, 0.6) is 0 Å². The number of hydrogen-bond donors (Lipinski definition) is 1. The molecule has 2 aromatic rings. The van der Waals surface area contributed by atoms with Crippen LogP contribution in [-0.4, -0.2) is 31.8 Å². The summed E-state index contributed by atoms with van der Waals surface area (Å²) in [5, 5.41) is 6.52. The summed E-state index contributed by atoms with van der Waals surface area (Å²) in [6, 6.07) is 4.37. The zero-order chi connectivity index (χ0) is 15.9. The largest absolute Gasteiger partial charge is 0.353 e. The second kappa shape index (κ2) is 7.30. The van der Waals surface area contributed by atoms with Gasteiger partial charge < -0.3 is 5.32 Å². The van der Waals surface area contributed by atoms with E-state index >= 15 is 0 Å². The first-order valence-corrected chi connectivity index (χ1v) is 6.94. The van der Waals surface area contributed by atoms with Crippen LogP contribution < -0.4 is 16.4 Å². The van der Waals surface area contributed by atoms with Crippen molar-refractivity contribution in [2.24, 2.45) is 0 Å². The molecule has 22 heavy (non-hydrogen) atoms. The highest BCUT2D eigenvalue weighted by Gasteiger charge is 2.05. The van der Waals surface area contributed by atoms with Gasteiger partial charge in [0.25, 0.3) is 11.1 Å². The highest BCUT2D eigenvalue weighted by atomic mass is 16.2. The molecule has 116 valence electrons. The molecule has 0 aliphatic heterocycles. The van der Waals surface area contributed by atoms with Gasteiger partial charge in [0.15, 0.2) is 0 Å². The van der Waals surface area contributed by atoms with Gasteiger partial charge in [0.2, 0.25) is 5.91 Å². The minimum absolute atomic E-state index is 0.104. The third-order valence-electron chi connectivity index (χ3n) is 3.04. The van der Waals surface area contributed by atoms with E-state index in [0.29, 0.717) is 12.1 Å². The number of amides is 1. The van der Waals surface area contributed by atoms with Crippen LogP contribution in [-0.2, 0) is 24.3 Å². The molecule has 0 atom stereocenters. The lowest BCUT2D eigenvalue weighted by Crippen LogP contribution is -2.35. The molecule has 0 aromatic carbocycles. The Kier molecular flexibility index (Phi) is 5.18. The Balaban J connectivity index is 1.87. The van der Waals surface area contributed by atoms with E-state index in [4.69, 9.17) is 0 Å². The van der Waals surface area contributed by atoms with Crippen LogP contribution >= 0.6 is 0 Å². The molecule has 0 saturated heterocycles. The Bertz CT molecular complexity index is 765. The minimum atomic E-state index is -0.322. The van der Waals surface area contributed by atoms with E-state index in [9.17, 15) is 14.4 Å². The Labute approximate surface area is 126 Å². The maximum atomic E-state index is 11.8. The molecule has 8 heteroatoms. The van der Waals surface area contributed by atoms with Gasteiger partial charge in [-0.3, -0.25) is 19.0 Å². The Morgan fingerprint density at radius 2 is 2.14 bits per heavy atom. The monoisotopic (exact) mass is 303 g/mol. The first kappa shape index (κ1) is 15.6. The summed E-state index contributed by atoms with van der Waals surface area (Å²) in [6.07, 6.45) is 3.54. The number of aryl methyl sites for hydroxylation is 1. The van der Waals surface area contributed by atoms with Gasteiger partial charge in [0.1, 0.15) is 6.54 Å². The summed E-state index contributed by atoms with van der Waals surface area (Å²) in [5.74, 6) is -0.322. The molecule has 0 aliphatic carbocycles. The van der Waals surface area contributed by atoms with Crippen molar-refractivity contribution >= 4 is 5.91 Å². The average molecular weight is 303 g/mol. The summed E-state index contributed by atoms with van der Waals surface area (Å²) >= 11 is 0.